The highest BCUT2D eigenvalue weighted by Gasteiger charge is 2.14. The second kappa shape index (κ2) is 7.52. The van der Waals surface area contributed by atoms with Gasteiger partial charge in [-0.1, -0.05) is 6.07 Å². The van der Waals surface area contributed by atoms with Gasteiger partial charge in [-0.3, -0.25) is 19.6 Å². The Morgan fingerprint density at radius 2 is 1.81 bits per heavy atom. The number of hydrogen-bond donors (Lipinski definition) is 2. The Balaban J connectivity index is 0.00000261. The molecule has 0 unspecified atom stereocenters. The molecule has 3 rings (SSSR count). The number of hydrogen-bond acceptors (Lipinski definition) is 5. The van der Waals surface area contributed by atoms with Gasteiger partial charge >= 0.3 is 0 Å². The molecule has 7 heteroatoms. The maximum atomic E-state index is 12.6. The normalized spacial score (nSPS) is 10.2. The van der Waals surface area contributed by atoms with Crippen LogP contribution < -0.4 is 10.6 Å². The third kappa shape index (κ3) is 4.07. The van der Waals surface area contributed by atoms with Crippen LogP contribution in [0.2, 0.25) is 0 Å². The number of aromatic nitrogens is 3. The van der Waals surface area contributed by atoms with Crippen molar-refractivity contribution in [1.29, 1.82) is 0 Å². The number of pyridine rings is 1. The molecule has 2 aromatic heterocycles. The van der Waals surface area contributed by atoms with E-state index < -0.39 is 0 Å². The van der Waals surface area contributed by atoms with E-state index in [0.29, 0.717) is 22.8 Å². The summed E-state index contributed by atoms with van der Waals surface area (Å²) in [4.78, 5) is 36.5. The van der Waals surface area contributed by atoms with Crippen LogP contribution in [0.25, 0.3) is 11.3 Å². The monoisotopic (exact) mass is 353 g/mol. The highest BCUT2D eigenvalue weighted by molar-refractivity contribution is 6.04. The van der Waals surface area contributed by atoms with Crippen LogP contribution in [0.1, 0.15) is 27.4 Å². The number of anilines is 2. The minimum atomic E-state index is -0.374. The molecule has 2 amide bonds. The molecule has 0 aliphatic rings. The Labute approximate surface area is 155 Å². The molecule has 26 heavy (non-hydrogen) atoms. The van der Waals surface area contributed by atoms with E-state index in [1.165, 1.54) is 6.92 Å². The van der Waals surface area contributed by atoms with Gasteiger partial charge in [0.1, 0.15) is 5.69 Å². The summed E-state index contributed by atoms with van der Waals surface area (Å²) in [6, 6.07) is 10.5. The molecule has 0 spiro atoms. The van der Waals surface area contributed by atoms with Crippen LogP contribution in [-0.4, -0.2) is 26.8 Å². The first-order valence-corrected chi connectivity index (χ1v) is 7.96. The number of rotatable bonds is 4. The van der Waals surface area contributed by atoms with Crippen LogP contribution in [0.3, 0.4) is 0 Å². The van der Waals surface area contributed by atoms with Crippen molar-refractivity contribution in [2.75, 3.05) is 10.6 Å². The fraction of sp³-hybridized carbons (Fsp3) is 0.105. The fourth-order valence-electron chi connectivity index (χ4n) is 2.39. The molecule has 7 nitrogen and oxygen atoms in total. The Morgan fingerprint density at radius 1 is 1.04 bits per heavy atom. The van der Waals surface area contributed by atoms with E-state index in [-0.39, 0.29) is 21.8 Å². The molecule has 0 atom stereocenters. The van der Waals surface area contributed by atoms with Crippen LogP contribution in [-0.2, 0) is 4.79 Å². The largest absolute Gasteiger partial charge is 0.326 e. The first-order valence-electron chi connectivity index (χ1n) is 7.96. The van der Waals surface area contributed by atoms with E-state index in [1.54, 1.807) is 55.8 Å². The third-order valence-electron chi connectivity index (χ3n) is 3.57. The summed E-state index contributed by atoms with van der Waals surface area (Å²) >= 11 is 0. The molecule has 0 aliphatic heterocycles. The average Bonchev–Trinajstić information content (AvgIpc) is 2.62. The Hall–Kier alpha value is -3.61. The zero-order chi connectivity index (χ0) is 18.5. The fourth-order valence-corrected chi connectivity index (χ4v) is 2.39. The molecule has 2 N–H and O–H groups in total. The van der Waals surface area contributed by atoms with Gasteiger partial charge in [0.15, 0.2) is 0 Å². The first kappa shape index (κ1) is 17.2. The Kier molecular flexibility index (Phi) is 4.98. The van der Waals surface area contributed by atoms with Crippen molar-refractivity contribution in [3.05, 3.63) is 66.4 Å². The number of nitrogens with one attached hydrogen (secondary N) is 2. The highest BCUT2D eigenvalue weighted by Crippen LogP contribution is 2.19. The summed E-state index contributed by atoms with van der Waals surface area (Å²) in [6.07, 6.45) is 4.94. The summed E-state index contributed by atoms with van der Waals surface area (Å²) in [6.45, 7) is 3.15. The van der Waals surface area contributed by atoms with Gasteiger partial charge in [0.25, 0.3) is 5.91 Å². The van der Waals surface area contributed by atoms with Gasteiger partial charge in [-0.25, -0.2) is 4.98 Å². The van der Waals surface area contributed by atoms with Gasteiger partial charge in [-0.15, -0.1) is 0 Å². The molecule has 0 saturated heterocycles. The molecule has 0 bridgehead atoms. The number of amides is 2. The summed E-state index contributed by atoms with van der Waals surface area (Å²) in [5.41, 5.74) is 3.25. The number of carbonyl (C=O) groups excluding carboxylic acids is 2. The smallest absolute Gasteiger partial charge is 0.276 e. The van der Waals surface area contributed by atoms with E-state index in [4.69, 9.17) is 0 Å². The Bertz CT molecular complexity index is 971. The molecule has 0 fully saturated rings. The van der Waals surface area contributed by atoms with Crippen molar-refractivity contribution in [3.63, 3.8) is 0 Å². The van der Waals surface area contributed by atoms with E-state index >= 15 is 0 Å². The number of aryl methyl sites for hydroxylation is 1. The van der Waals surface area contributed by atoms with Crippen molar-refractivity contribution in [1.82, 2.24) is 15.0 Å². The van der Waals surface area contributed by atoms with Crippen molar-refractivity contribution in [3.8, 4) is 11.3 Å². The highest BCUT2D eigenvalue weighted by atomic mass is 16.2. The van der Waals surface area contributed by atoms with Crippen LogP contribution in [0.5, 0.6) is 0 Å². The first-order chi connectivity index (χ1) is 12.5. The molecule has 0 saturated carbocycles. The molecule has 1 aromatic carbocycles. The van der Waals surface area contributed by atoms with Gasteiger partial charge < -0.3 is 10.6 Å². The third-order valence-corrected chi connectivity index (χ3v) is 3.57. The number of nitrogens with zero attached hydrogens (tertiary/aromatic N) is 3. The maximum absolute atomic E-state index is 12.6. The van der Waals surface area contributed by atoms with Crippen LogP contribution in [0.15, 0.2) is 55.0 Å². The van der Waals surface area contributed by atoms with Crippen LogP contribution >= 0.6 is 0 Å². The van der Waals surface area contributed by atoms with E-state index in [9.17, 15) is 9.59 Å². The van der Waals surface area contributed by atoms with Crippen LogP contribution in [0, 0.1) is 6.92 Å². The lowest BCUT2D eigenvalue weighted by Gasteiger charge is -2.10. The minimum Gasteiger partial charge on any atom is -0.326 e. The van der Waals surface area contributed by atoms with E-state index in [0.717, 1.165) is 5.56 Å². The van der Waals surface area contributed by atoms with E-state index in [2.05, 4.69) is 25.6 Å². The lowest BCUT2D eigenvalue weighted by Crippen LogP contribution is -2.17. The van der Waals surface area contributed by atoms with Gasteiger partial charge in [-0.2, -0.15) is 0 Å². The van der Waals surface area contributed by atoms with Gasteiger partial charge in [0, 0.05) is 40.5 Å². The van der Waals surface area contributed by atoms with Crippen molar-refractivity contribution in [2.24, 2.45) is 0 Å². The lowest BCUT2D eigenvalue weighted by molar-refractivity contribution is -0.114. The quantitative estimate of drug-likeness (QED) is 0.743. The second-order valence-corrected chi connectivity index (χ2v) is 5.65. The van der Waals surface area contributed by atoms with Gasteiger partial charge in [-0.05, 0) is 37.3 Å². The SMILES string of the molecule is CC(=O)Nc1cccc(NC(=O)c2nc(-c3cccnc3)cnc2C)c1.[HH].[HH].[HH]. The van der Waals surface area contributed by atoms with Gasteiger partial charge in [0.2, 0.25) is 5.91 Å². The molecular weight excluding hydrogens is 330 g/mol. The van der Waals surface area contributed by atoms with Crippen LogP contribution in [0.4, 0.5) is 11.4 Å². The number of carbonyl (C=O) groups is 2. The van der Waals surface area contributed by atoms with E-state index in [1.807, 2.05) is 6.07 Å². The molecule has 0 radical (unpaired) electrons. The topological polar surface area (TPSA) is 96.9 Å². The molecular formula is C19H23N5O2. The zero-order valence-electron chi connectivity index (χ0n) is 14.4. The molecule has 2 heterocycles. The molecule has 0 aliphatic carbocycles. The van der Waals surface area contributed by atoms with Gasteiger partial charge in [0.05, 0.1) is 17.6 Å². The van der Waals surface area contributed by atoms with Crippen molar-refractivity contribution in [2.45, 2.75) is 13.8 Å². The second-order valence-electron chi connectivity index (χ2n) is 5.65. The summed E-state index contributed by atoms with van der Waals surface area (Å²) in [7, 11) is 0. The average molecular weight is 353 g/mol. The molecule has 136 valence electrons. The predicted octanol–water partition coefficient (Wildman–Crippen LogP) is 3.80. The number of benzene rings is 1. The summed E-state index contributed by atoms with van der Waals surface area (Å²) < 4.78 is 0. The summed E-state index contributed by atoms with van der Waals surface area (Å²) in [5, 5.41) is 5.46. The minimum absolute atomic E-state index is 0. The van der Waals surface area contributed by atoms with Crippen molar-refractivity contribution >= 4 is 23.2 Å². The van der Waals surface area contributed by atoms with Crippen molar-refractivity contribution < 1.29 is 13.9 Å². The molecule has 3 aromatic rings. The maximum Gasteiger partial charge on any atom is 0.276 e. The zero-order valence-corrected chi connectivity index (χ0v) is 14.4. The lowest BCUT2D eigenvalue weighted by atomic mass is 10.2. The predicted molar refractivity (Wildman–Crippen MR) is 105 cm³/mol. The standard InChI is InChI=1S/C19H17N5O2.3H2/c1-12-18(24-17(11-21-12)14-5-4-8-20-10-14)19(26)23-16-7-3-6-15(9-16)22-13(2)25;;;/h3-11H,1-2H3,(H,22,25)(H,23,26);3*1H. The Morgan fingerprint density at radius 3 is 2.50 bits per heavy atom. The summed E-state index contributed by atoms with van der Waals surface area (Å²) in [5.74, 6) is -0.555.